The third-order valence-corrected chi connectivity index (χ3v) is 4.23. The molecule has 5 nitrogen and oxygen atoms in total. The van der Waals surface area contributed by atoms with Gasteiger partial charge in [-0.1, -0.05) is 29.8 Å². The first kappa shape index (κ1) is 18.4. The van der Waals surface area contributed by atoms with Crippen LogP contribution in [0, 0.1) is 6.92 Å². The van der Waals surface area contributed by atoms with Crippen LogP contribution in [0.2, 0.25) is 0 Å². The first-order valence-corrected chi connectivity index (χ1v) is 8.94. The summed E-state index contributed by atoms with van der Waals surface area (Å²) in [5, 5.41) is 12.6. The molecule has 1 atom stereocenters. The van der Waals surface area contributed by atoms with Crippen LogP contribution in [0.4, 0.5) is 0 Å². The molecule has 2 aromatic rings. The molecule has 1 amide bonds. The molecule has 0 spiro atoms. The molecule has 24 heavy (non-hydrogen) atoms. The van der Waals surface area contributed by atoms with E-state index in [0.717, 1.165) is 11.1 Å². The van der Waals surface area contributed by atoms with Gasteiger partial charge in [0.25, 0.3) is 5.91 Å². The fourth-order valence-corrected chi connectivity index (χ4v) is 2.80. The second kappa shape index (κ2) is 9.42. The molecule has 0 aliphatic rings. The first-order valence-electron chi connectivity index (χ1n) is 7.72. The van der Waals surface area contributed by atoms with Gasteiger partial charge in [0.2, 0.25) is 0 Å². The van der Waals surface area contributed by atoms with Crippen LogP contribution >= 0.6 is 11.8 Å². The van der Waals surface area contributed by atoms with Crippen molar-refractivity contribution in [3.63, 3.8) is 0 Å². The normalized spacial score (nSPS) is 12.0. The molecule has 2 N–H and O–H groups in total. The summed E-state index contributed by atoms with van der Waals surface area (Å²) in [5.41, 5.74) is 2.67. The summed E-state index contributed by atoms with van der Waals surface area (Å²) in [6.07, 6.45) is 3.25. The number of thioether (sulfide) groups is 1. The zero-order valence-electron chi connectivity index (χ0n) is 13.9. The molecule has 128 valence electrons. The van der Waals surface area contributed by atoms with Crippen molar-refractivity contribution in [1.82, 2.24) is 10.3 Å². The number of aliphatic hydroxyl groups excluding tert-OH is 1. The van der Waals surface area contributed by atoms with Crippen LogP contribution in [0.15, 0.2) is 47.6 Å². The number of aromatic nitrogens is 1. The number of aliphatic hydroxyl groups is 1. The van der Waals surface area contributed by atoms with E-state index in [4.69, 9.17) is 9.84 Å². The lowest BCUT2D eigenvalue weighted by atomic mass is 10.1. The lowest BCUT2D eigenvalue weighted by molar-refractivity contribution is 0.0277. The summed E-state index contributed by atoms with van der Waals surface area (Å²) in [5.74, 6) is -0.183. The molecule has 1 unspecified atom stereocenters. The molecular formula is C18H22N2O3S. The minimum Gasteiger partial charge on any atom is -0.394 e. The number of rotatable bonds is 8. The Hall–Kier alpha value is -1.89. The highest BCUT2D eigenvalue weighted by Gasteiger charge is 2.16. The van der Waals surface area contributed by atoms with E-state index < -0.39 is 0 Å². The summed E-state index contributed by atoms with van der Waals surface area (Å²) < 4.78 is 5.67. The van der Waals surface area contributed by atoms with Crippen LogP contribution in [-0.2, 0) is 4.74 Å². The van der Waals surface area contributed by atoms with Gasteiger partial charge in [-0.05, 0) is 30.9 Å². The molecule has 6 heteroatoms. The summed E-state index contributed by atoms with van der Waals surface area (Å²) in [7, 11) is 0. The smallest absolute Gasteiger partial charge is 0.254 e. The van der Waals surface area contributed by atoms with Crippen LogP contribution < -0.4 is 5.32 Å². The van der Waals surface area contributed by atoms with Gasteiger partial charge in [-0.2, -0.15) is 0 Å². The maximum Gasteiger partial charge on any atom is 0.254 e. The molecule has 0 saturated carbocycles. The molecule has 1 aromatic carbocycles. The maximum absolute atomic E-state index is 12.4. The Morgan fingerprint density at radius 1 is 1.33 bits per heavy atom. The van der Waals surface area contributed by atoms with Crippen LogP contribution in [0.25, 0.3) is 0 Å². The van der Waals surface area contributed by atoms with E-state index in [9.17, 15) is 4.79 Å². The molecular weight excluding hydrogens is 324 g/mol. The van der Waals surface area contributed by atoms with Crippen LogP contribution in [0.3, 0.4) is 0 Å². The Labute approximate surface area is 146 Å². The number of ether oxygens (including phenoxy) is 1. The largest absolute Gasteiger partial charge is 0.394 e. The maximum atomic E-state index is 12.4. The van der Waals surface area contributed by atoms with Crippen molar-refractivity contribution in [2.75, 3.05) is 26.0 Å². The molecule has 0 fully saturated rings. The van der Waals surface area contributed by atoms with Gasteiger partial charge in [0.15, 0.2) is 0 Å². The number of hydrogen-bond acceptors (Lipinski definition) is 5. The fraction of sp³-hybridized carbons (Fsp3) is 0.333. The number of nitrogens with zero attached hydrogens (tertiary/aromatic N) is 1. The van der Waals surface area contributed by atoms with Crippen molar-refractivity contribution >= 4 is 17.7 Å². The molecule has 1 heterocycles. The van der Waals surface area contributed by atoms with Gasteiger partial charge in [0, 0.05) is 12.7 Å². The van der Waals surface area contributed by atoms with Crippen LogP contribution in [0.5, 0.6) is 0 Å². The van der Waals surface area contributed by atoms with Gasteiger partial charge in [-0.25, -0.2) is 4.98 Å². The van der Waals surface area contributed by atoms with Crippen molar-refractivity contribution in [2.24, 2.45) is 0 Å². The molecule has 0 saturated heterocycles. The first-order chi connectivity index (χ1) is 11.7. The Morgan fingerprint density at radius 2 is 2.08 bits per heavy atom. The highest BCUT2D eigenvalue weighted by molar-refractivity contribution is 7.98. The number of benzene rings is 1. The highest BCUT2D eigenvalue weighted by Crippen LogP contribution is 2.19. The van der Waals surface area contributed by atoms with Gasteiger partial charge >= 0.3 is 0 Å². The van der Waals surface area contributed by atoms with Gasteiger partial charge < -0.3 is 15.2 Å². The van der Waals surface area contributed by atoms with Gasteiger partial charge in [0.1, 0.15) is 5.03 Å². The van der Waals surface area contributed by atoms with Crippen LogP contribution in [0.1, 0.15) is 27.6 Å². The van der Waals surface area contributed by atoms with Crippen LogP contribution in [-0.4, -0.2) is 42.0 Å². The quantitative estimate of drug-likeness (QED) is 0.719. The second-order valence-electron chi connectivity index (χ2n) is 5.26. The van der Waals surface area contributed by atoms with E-state index in [1.807, 2.05) is 37.4 Å². The van der Waals surface area contributed by atoms with Gasteiger partial charge in [0.05, 0.1) is 24.9 Å². The zero-order valence-corrected chi connectivity index (χ0v) is 14.7. The highest BCUT2D eigenvalue weighted by atomic mass is 32.2. The standard InChI is InChI=1S/C18H22N2O3S/c1-13-5-7-14(8-6-13)16(23-11-10-21)12-20-17(22)15-4-3-9-19-18(15)24-2/h3-9,16,21H,10-12H2,1-2H3,(H,20,22). The predicted octanol–water partition coefficient (Wildman–Crippen LogP) is 2.59. The molecule has 1 aromatic heterocycles. The van der Waals surface area contributed by atoms with E-state index in [-0.39, 0.29) is 25.2 Å². The third kappa shape index (κ3) is 5.06. The van der Waals surface area contributed by atoms with E-state index in [1.165, 1.54) is 11.8 Å². The van der Waals surface area contributed by atoms with Gasteiger partial charge in [-0.15, -0.1) is 11.8 Å². The van der Waals surface area contributed by atoms with Crippen molar-refractivity contribution in [2.45, 2.75) is 18.1 Å². The number of hydrogen-bond donors (Lipinski definition) is 2. The zero-order chi connectivity index (χ0) is 17.4. The minimum atomic E-state index is -0.309. The second-order valence-corrected chi connectivity index (χ2v) is 6.06. The predicted molar refractivity (Wildman–Crippen MR) is 95.3 cm³/mol. The lowest BCUT2D eigenvalue weighted by Gasteiger charge is -2.19. The summed E-state index contributed by atoms with van der Waals surface area (Å²) in [6, 6.07) is 11.4. The van der Waals surface area contributed by atoms with E-state index >= 15 is 0 Å². The molecule has 0 aliphatic carbocycles. The Bertz CT molecular complexity index is 662. The average Bonchev–Trinajstić information content (AvgIpc) is 2.62. The lowest BCUT2D eigenvalue weighted by Crippen LogP contribution is -2.30. The number of carbonyl (C=O) groups excluding carboxylic acids is 1. The fourth-order valence-electron chi connectivity index (χ4n) is 2.26. The third-order valence-electron chi connectivity index (χ3n) is 3.52. The van der Waals surface area contributed by atoms with E-state index in [2.05, 4.69) is 10.3 Å². The monoisotopic (exact) mass is 346 g/mol. The van der Waals surface area contributed by atoms with Crippen molar-refractivity contribution in [3.05, 3.63) is 59.3 Å². The Morgan fingerprint density at radius 3 is 2.75 bits per heavy atom. The Kier molecular flexibility index (Phi) is 7.24. The SMILES string of the molecule is CSc1ncccc1C(=O)NCC(OCCO)c1ccc(C)cc1. The topological polar surface area (TPSA) is 71.5 Å². The van der Waals surface area contributed by atoms with Crippen molar-refractivity contribution < 1.29 is 14.6 Å². The number of aryl methyl sites for hydroxylation is 1. The van der Waals surface area contributed by atoms with Gasteiger partial charge in [-0.3, -0.25) is 4.79 Å². The van der Waals surface area contributed by atoms with E-state index in [1.54, 1.807) is 18.3 Å². The number of nitrogens with one attached hydrogen (secondary N) is 1. The molecule has 0 aliphatic heterocycles. The number of amides is 1. The number of carbonyl (C=O) groups is 1. The van der Waals surface area contributed by atoms with Crippen molar-refractivity contribution in [1.29, 1.82) is 0 Å². The Balaban J connectivity index is 2.06. The number of pyridine rings is 1. The molecule has 2 rings (SSSR count). The molecule has 0 radical (unpaired) electrons. The minimum absolute atomic E-state index is 0.0600. The van der Waals surface area contributed by atoms with Crippen molar-refractivity contribution in [3.8, 4) is 0 Å². The van der Waals surface area contributed by atoms with E-state index in [0.29, 0.717) is 17.1 Å². The summed E-state index contributed by atoms with van der Waals surface area (Å²) in [6.45, 7) is 2.50. The summed E-state index contributed by atoms with van der Waals surface area (Å²) in [4.78, 5) is 16.6. The average molecular weight is 346 g/mol. The molecule has 0 bridgehead atoms. The summed E-state index contributed by atoms with van der Waals surface area (Å²) >= 11 is 1.43.